The van der Waals surface area contributed by atoms with E-state index in [4.69, 9.17) is 0 Å². The molecule has 0 aliphatic heterocycles. The topological polar surface area (TPSA) is 29.0 Å². The van der Waals surface area contributed by atoms with E-state index in [1.54, 1.807) is 0 Å². The third-order valence-electron chi connectivity index (χ3n) is 1.02. The van der Waals surface area contributed by atoms with Gasteiger partial charge in [-0.25, -0.2) is 0 Å². The average molecular weight is 123 g/mol. The predicted octanol–water partition coefficient (Wildman–Crippen LogP) is -1.55. The van der Waals surface area contributed by atoms with Crippen LogP contribution in [0.3, 0.4) is 0 Å². The Balaban J connectivity index is 0. The van der Waals surface area contributed by atoms with Gasteiger partial charge < -0.3 is 5.21 Å². The van der Waals surface area contributed by atoms with Crippen molar-refractivity contribution in [1.82, 2.24) is 5.06 Å². The molecule has 0 aliphatic carbocycles. The second-order valence-electron chi connectivity index (χ2n) is 2.55. The molecule has 2 nitrogen and oxygen atoms in total. The van der Waals surface area contributed by atoms with Crippen LogP contribution in [0.5, 0.6) is 0 Å². The van der Waals surface area contributed by atoms with Gasteiger partial charge in [-0.1, -0.05) is 0 Å². The van der Waals surface area contributed by atoms with Crippen LogP contribution in [0, 0.1) is 5.21 Å². The Labute approximate surface area is 69.4 Å². The van der Waals surface area contributed by atoms with E-state index in [9.17, 15) is 5.21 Å². The molecule has 0 aromatic carbocycles. The van der Waals surface area contributed by atoms with Crippen molar-refractivity contribution in [2.24, 2.45) is 0 Å². The molecule has 0 aromatic rings. The maximum atomic E-state index is 10.8. The predicted molar refractivity (Wildman–Crippen MR) is 35.8 cm³/mol. The molecule has 49 valence electrons. The van der Waals surface area contributed by atoms with Crippen molar-refractivity contribution in [3.05, 3.63) is 5.21 Å². The van der Waals surface area contributed by atoms with Crippen molar-refractivity contribution >= 4 is 0 Å². The molecule has 0 rings (SSSR count). The molecule has 0 aromatic heterocycles. The molecule has 0 saturated carbocycles. The summed E-state index contributed by atoms with van der Waals surface area (Å²) in [4.78, 5) is 0. The van der Waals surface area contributed by atoms with Gasteiger partial charge in [0.2, 0.25) is 0 Å². The summed E-state index contributed by atoms with van der Waals surface area (Å²) in [5.41, 5.74) is 0. The maximum Gasteiger partial charge on any atom is 1.00 e. The quantitative estimate of drug-likeness (QED) is 0.248. The van der Waals surface area contributed by atoms with Crippen molar-refractivity contribution in [2.45, 2.75) is 39.8 Å². The summed E-state index contributed by atoms with van der Waals surface area (Å²) in [6.45, 7) is 7.58. The van der Waals surface area contributed by atoms with E-state index in [2.05, 4.69) is 0 Å². The van der Waals surface area contributed by atoms with E-state index in [0.717, 1.165) is 5.06 Å². The molecule has 0 bridgehead atoms. The first kappa shape index (κ1) is 12.2. The zero-order valence-electron chi connectivity index (χ0n) is 7.01. The van der Waals surface area contributed by atoms with Crippen molar-refractivity contribution in [1.29, 1.82) is 0 Å². The van der Waals surface area contributed by atoms with Crippen LogP contribution in [0.15, 0.2) is 0 Å². The van der Waals surface area contributed by atoms with E-state index in [0.29, 0.717) is 0 Å². The van der Waals surface area contributed by atoms with Crippen molar-refractivity contribution < 1.29 is 18.9 Å². The van der Waals surface area contributed by atoms with Crippen LogP contribution in [0.4, 0.5) is 0 Å². The van der Waals surface area contributed by atoms with Gasteiger partial charge in [-0.05, 0) is 27.7 Å². The first-order valence-electron chi connectivity index (χ1n) is 3.01. The Bertz CT molecular complexity index is 58.1. The fourth-order valence-corrected chi connectivity index (χ4v) is 0.596. The van der Waals surface area contributed by atoms with Crippen LogP contribution in [0.25, 0.3) is 0 Å². The molecule has 0 N–H and O–H groups in total. The van der Waals surface area contributed by atoms with E-state index in [1.165, 1.54) is 0 Å². The Hall–Kier alpha value is 0.517. The second kappa shape index (κ2) is 5.31. The Morgan fingerprint density at radius 1 is 1.00 bits per heavy atom. The van der Waals surface area contributed by atoms with Gasteiger partial charge in [-0.2, -0.15) is 5.06 Å². The molecule has 3 heteroatoms. The minimum Gasteiger partial charge on any atom is -0.581 e. The molecule has 0 aliphatic rings. The average Bonchev–Trinajstić information content (AvgIpc) is 1.64. The molecule has 0 spiro atoms. The van der Waals surface area contributed by atoms with Gasteiger partial charge in [0, 0.05) is 0 Å². The molecule has 1 radical (unpaired) electrons. The Morgan fingerprint density at radius 2 is 1.22 bits per heavy atom. The fraction of sp³-hybridized carbons (Fsp3) is 1.00. The third kappa shape index (κ3) is 4.99. The van der Waals surface area contributed by atoms with Gasteiger partial charge in [0.15, 0.2) is 0 Å². The molecule has 0 fully saturated rings. The van der Waals surface area contributed by atoms with Crippen molar-refractivity contribution in [2.75, 3.05) is 0 Å². The SMILES string of the molecule is CC(C)[N+]([O-])C(C)C.[Li+]. The minimum atomic E-state index is 0. The molecule has 0 atom stereocenters. The molecule has 0 unspecified atom stereocenters. The largest absolute Gasteiger partial charge is 1.00 e. The number of hydrogen-bond donors (Lipinski definition) is 0. The molecule has 0 amide bonds. The molecule has 0 heterocycles. The summed E-state index contributed by atoms with van der Waals surface area (Å²) < 4.78 is 0. The van der Waals surface area contributed by atoms with E-state index < -0.39 is 0 Å². The molecule has 0 saturated heterocycles. The van der Waals surface area contributed by atoms with Crippen molar-refractivity contribution in [3.63, 3.8) is 0 Å². The first-order chi connectivity index (χ1) is 3.55. The zero-order chi connectivity index (χ0) is 6.73. The van der Waals surface area contributed by atoms with E-state index in [-0.39, 0.29) is 30.9 Å². The smallest absolute Gasteiger partial charge is 0.581 e. The van der Waals surface area contributed by atoms with Gasteiger partial charge in [0.25, 0.3) is 0 Å². The monoisotopic (exact) mass is 123 g/mol. The van der Waals surface area contributed by atoms with Crippen LogP contribution in [0.1, 0.15) is 27.7 Å². The summed E-state index contributed by atoms with van der Waals surface area (Å²) in [6, 6.07) is 0.241. The summed E-state index contributed by atoms with van der Waals surface area (Å²) in [5, 5.41) is 11.8. The summed E-state index contributed by atoms with van der Waals surface area (Å²) in [6.07, 6.45) is 0. The van der Waals surface area contributed by atoms with Gasteiger partial charge in [0.1, 0.15) is 12.1 Å². The maximum absolute atomic E-state index is 10.8. The number of rotatable bonds is 2. The molecule has 9 heavy (non-hydrogen) atoms. The van der Waals surface area contributed by atoms with Crippen molar-refractivity contribution in [3.8, 4) is 0 Å². The summed E-state index contributed by atoms with van der Waals surface area (Å²) >= 11 is 0. The number of hydrogen-bond acceptors (Lipinski definition) is 2. The number of nitrogens with zero attached hydrogens (tertiary/aromatic N) is 1. The normalized spacial score (nSPS) is 10.7. The fourth-order valence-electron chi connectivity index (χ4n) is 0.596. The second-order valence-corrected chi connectivity index (χ2v) is 2.55. The Kier molecular flexibility index (Phi) is 7.21. The van der Waals surface area contributed by atoms with E-state index in [1.807, 2.05) is 27.7 Å². The third-order valence-corrected chi connectivity index (χ3v) is 1.02. The van der Waals surface area contributed by atoms with Gasteiger partial charge in [-0.15, -0.1) is 0 Å². The van der Waals surface area contributed by atoms with Crippen LogP contribution >= 0.6 is 0 Å². The van der Waals surface area contributed by atoms with Crippen LogP contribution in [-0.2, 0) is 0 Å². The first-order valence-corrected chi connectivity index (χ1v) is 3.01. The standard InChI is InChI=1S/C6H14NO.Li/c1-5(2)7(8)6(3)4;/h5-6H,1-4H3;/q;+1. The van der Waals surface area contributed by atoms with Gasteiger partial charge in [0.05, 0.1) is 0 Å². The molecular formula is C6H14LiNO+. The molecular weight excluding hydrogens is 109 g/mol. The van der Waals surface area contributed by atoms with Gasteiger partial charge >= 0.3 is 18.9 Å². The van der Waals surface area contributed by atoms with Crippen LogP contribution in [0.2, 0.25) is 0 Å². The Morgan fingerprint density at radius 3 is 1.22 bits per heavy atom. The van der Waals surface area contributed by atoms with E-state index >= 15 is 0 Å². The summed E-state index contributed by atoms with van der Waals surface area (Å²) in [5.74, 6) is 0. The van der Waals surface area contributed by atoms with Crippen LogP contribution < -0.4 is 23.9 Å². The van der Waals surface area contributed by atoms with Crippen LogP contribution in [-0.4, -0.2) is 12.1 Å². The van der Waals surface area contributed by atoms with Gasteiger partial charge in [-0.3, -0.25) is 0 Å². The minimum absolute atomic E-state index is 0. The zero-order valence-corrected chi connectivity index (χ0v) is 7.01. The summed E-state index contributed by atoms with van der Waals surface area (Å²) in [7, 11) is 0. The number of hydroxylamine groups is 2.